The van der Waals surface area contributed by atoms with Crippen molar-refractivity contribution in [3.8, 4) is 0 Å². The Hall–Kier alpha value is -2.82. The van der Waals surface area contributed by atoms with E-state index in [-0.39, 0.29) is 17.9 Å². The minimum Gasteiger partial charge on any atom is -0.399 e. The molecule has 0 saturated carbocycles. The quantitative estimate of drug-likeness (QED) is 0.714. The molecule has 0 saturated heterocycles. The van der Waals surface area contributed by atoms with Crippen molar-refractivity contribution in [1.82, 2.24) is 10.6 Å². The summed E-state index contributed by atoms with van der Waals surface area (Å²) in [5.74, 6) is -0.301. The predicted molar refractivity (Wildman–Crippen MR) is 95.7 cm³/mol. The Labute approximate surface area is 142 Å². The maximum absolute atomic E-state index is 12.2. The third-order valence-corrected chi connectivity index (χ3v) is 3.78. The van der Waals surface area contributed by atoms with Gasteiger partial charge >= 0.3 is 0 Å². The summed E-state index contributed by atoms with van der Waals surface area (Å²) in [7, 11) is 0. The number of benzene rings is 2. The molecule has 0 spiro atoms. The largest absolute Gasteiger partial charge is 0.399 e. The molecule has 2 amide bonds. The normalized spacial score (nSPS) is 11.6. The number of hydrogen-bond acceptors (Lipinski definition) is 3. The Kier molecular flexibility index (Phi) is 5.95. The highest BCUT2D eigenvalue weighted by atomic mass is 16.2. The zero-order valence-electron chi connectivity index (χ0n) is 14.0. The molecule has 5 heteroatoms. The lowest BCUT2D eigenvalue weighted by Crippen LogP contribution is -2.32. The van der Waals surface area contributed by atoms with Gasteiger partial charge in [-0.1, -0.05) is 25.1 Å². The fourth-order valence-corrected chi connectivity index (χ4v) is 2.20. The van der Waals surface area contributed by atoms with Gasteiger partial charge in [-0.2, -0.15) is 0 Å². The van der Waals surface area contributed by atoms with Gasteiger partial charge in [0.05, 0.1) is 0 Å². The molecule has 0 radical (unpaired) electrons. The van der Waals surface area contributed by atoms with Crippen LogP contribution in [0.1, 0.15) is 46.5 Å². The molecule has 0 aliphatic rings. The van der Waals surface area contributed by atoms with E-state index in [4.69, 9.17) is 5.73 Å². The molecule has 0 fully saturated rings. The van der Waals surface area contributed by atoms with Crippen molar-refractivity contribution < 1.29 is 9.59 Å². The molecule has 0 heterocycles. The van der Waals surface area contributed by atoms with Gasteiger partial charge in [0.2, 0.25) is 0 Å². The van der Waals surface area contributed by atoms with Crippen LogP contribution in [0.5, 0.6) is 0 Å². The molecule has 2 aromatic carbocycles. The molecule has 1 unspecified atom stereocenters. The van der Waals surface area contributed by atoms with Gasteiger partial charge in [-0.15, -0.1) is 0 Å². The standard InChI is InChI=1S/C19H23N3O2/c1-3-13(2)22-19(24)15-7-4-6-14(10-15)12-21-18(23)16-8-5-9-17(20)11-16/h4-11,13H,3,12,20H2,1-2H3,(H,21,23)(H,22,24). The second kappa shape index (κ2) is 8.15. The van der Waals surface area contributed by atoms with E-state index in [1.54, 1.807) is 36.4 Å². The number of hydrogen-bond donors (Lipinski definition) is 3. The van der Waals surface area contributed by atoms with Crippen molar-refractivity contribution >= 4 is 17.5 Å². The second-order valence-corrected chi connectivity index (χ2v) is 5.79. The van der Waals surface area contributed by atoms with Crippen LogP contribution in [0.25, 0.3) is 0 Å². The molecule has 2 aromatic rings. The highest BCUT2D eigenvalue weighted by Crippen LogP contribution is 2.09. The number of nitrogens with two attached hydrogens (primary N) is 1. The summed E-state index contributed by atoms with van der Waals surface area (Å²) in [5, 5.41) is 5.76. The molecule has 0 aliphatic heterocycles. The van der Waals surface area contributed by atoms with Gasteiger partial charge < -0.3 is 16.4 Å². The summed E-state index contributed by atoms with van der Waals surface area (Å²) in [6.45, 7) is 4.33. The van der Waals surface area contributed by atoms with E-state index in [2.05, 4.69) is 10.6 Å². The van der Waals surface area contributed by atoms with Crippen LogP contribution in [0, 0.1) is 0 Å². The van der Waals surface area contributed by atoms with Gasteiger partial charge in [-0.05, 0) is 49.2 Å². The third kappa shape index (κ3) is 4.84. The van der Waals surface area contributed by atoms with Crippen LogP contribution in [0.4, 0.5) is 5.69 Å². The molecule has 2 rings (SSSR count). The molecular weight excluding hydrogens is 302 g/mol. The maximum Gasteiger partial charge on any atom is 0.251 e. The summed E-state index contributed by atoms with van der Waals surface area (Å²) in [4.78, 5) is 24.3. The Morgan fingerprint density at radius 1 is 1.04 bits per heavy atom. The Morgan fingerprint density at radius 3 is 2.38 bits per heavy atom. The van der Waals surface area contributed by atoms with Crippen LogP contribution in [0.15, 0.2) is 48.5 Å². The van der Waals surface area contributed by atoms with Crippen molar-refractivity contribution in [1.29, 1.82) is 0 Å². The first-order valence-electron chi connectivity index (χ1n) is 8.03. The SMILES string of the molecule is CCC(C)NC(=O)c1cccc(CNC(=O)c2cccc(N)c2)c1. The molecule has 1 atom stereocenters. The van der Waals surface area contributed by atoms with Gasteiger partial charge in [0.1, 0.15) is 0 Å². The van der Waals surface area contributed by atoms with Gasteiger partial charge in [0, 0.05) is 29.4 Å². The van der Waals surface area contributed by atoms with Crippen molar-refractivity contribution in [2.24, 2.45) is 0 Å². The van der Waals surface area contributed by atoms with E-state index in [9.17, 15) is 9.59 Å². The maximum atomic E-state index is 12.2. The van der Waals surface area contributed by atoms with Crippen molar-refractivity contribution in [2.75, 3.05) is 5.73 Å². The summed E-state index contributed by atoms with van der Waals surface area (Å²) in [5.41, 5.74) is 8.20. The lowest BCUT2D eigenvalue weighted by atomic mass is 10.1. The van der Waals surface area contributed by atoms with E-state index < -0.39 is 0 Å². The highest BCUT2D eigenvalue weighted by molar-refractivity contribution is 5.95. The molecule has 4 N–H and O–H groups in total. The van der Waals surface area contributed by atoms with Gasteiger partial charge in [-0.25, -0.2) is 0 Å². The number of nitrogen functional groups attached to an aromatic ring is 1. The lowest BCUT2D eigenvalue weighted by Gasteiger charge is -2.12. The van der Waals surface area contributed by atoms with Crippen LogP contribution in [0.3, 0.4) is 0 Å². The third-order valence-electron chi connectivity index (χ3n) is 3.78. The molecule has 0 bridgehead atoms. The number of rotatable bonds is 6. The van der Waals surface area contributed by atoms with Gasteiger partial charge in [0.15, 0.2) is 0 Å². The minimum absolute atomic E-state index is 0.103. The summed E-state index contributed by atoms with van der Waals surface area (Å²) in [6.07, 6.45) is 0.877. The Bertz CT molecular complexity index is 728. The van der Waals surface area contributed by atoms with E-state index in [1.807, 2.05) is 26.0 Å². The first-order valence-corrected chi connectivity index (χ1v) is 8.03. The summed E-state index contributed by atoms with van der Waals surface area (Å²) >= 11 is 0. The first kappa shape index (κ1) is 17.5. The van der Waals surface area contributed by atoms with Crippen LogP contribution < -0.4 is 16.4 Å². The number of anilines is 1. The topological polar surface area (TPSA) is 84.2 Å². The molecule has 126 valence electrons. The Balaban J connectivity index is 1.99. The monoisotopic (exact) mass is 325 g/mol. The fraction of sp³-hybridized carbons (Fsp3) is 0.263. The van der Waals surface area contributed by atoms with E-state index in [1.165, 1.54) is 0 Å². The van der Waals surface area contributed by atoms with Crippen molar-refractivity contribution in [3.05, 3.63) is 65.2 Å². The summed E-state index contributed by atoms with van der Waals surface area (Å²) in [6, 6.07) is 14.2. The van der Waals surface area contributed by atoms with Crippen LogP contribution in [-0.4, -0.2) is 17.9 Å². The van der Waals surface area contributed by atoms with E-state index in [0.29, 0.717) is 23.4 Å². The number of carbonyl (C=O) groups excluding carboxylic acids is 2. The zero-order valence-corrected chi connectivity index (χ0v) is 14.0. The van der Waals surface area contributed by atoms with Crippen LogP contribution in [0.2, 0.25) is 0 Å². The number of amides is 2. The molecule has 0 aromatic heterocycles. The molecule has 5 nitrogen and oxygen atoms in total. The minimum atomic E-state index is -0.197. The van der Waals surface area contributed by atoms with Crippen molar-refractivity contribution in [2.45, 2.75) is 32.9 Å². The van der Waals surface area contributed by atoms with Gasteiger partial charge in [0.25, 0.3) is 11.8 Å². The Morgan fingerprint density at radius 2 is 1.71 bits per heavy atom. The van der Waals surface area contributed by atoms with Crippen molar-refractivity contribution in [3.63, 3.8) is 0 Å². The van der Waals surface area contributed by atoms with Crippen LogP contribution >= 0.6 is 0 Å². The average Bonchev–Trinajstić information content (AvgIpc) is 2.59. The van der Waals surface area contributed by atoms with Crippen LogP contribution in [-0.2, 0) is 6.54 Å². The smallest absolute Gasteiger partial charge is 0.251 e. The first-order chi connectivity index (χ1) is 11.5. The molecule has 24 heavy (non-hydrogen) atoms. The summed E-state index contributed by atoms with van der Waals surface area (Å²) < 4.78 is 0. The highest BCUT2D eigenvalue weighted by Gasteiger charge is 2.10. The zero-order chi connectivity index (χ0) is 17.5. The second-order valence-electron chi connectivity index (χ2n) is 5.79. The number of nitrogens with one attached hydrogen (secondary N) is 2. The van der Waals surface area contributed by atoms with E-state index >= 15 is 0 Å². The molecular formula is C19H23N3O2. The average molecular weight is 325 g/mol. The molecule has 0 aliphatic carbocycles. The predicted octanol–water partition coefficient (Wildman–Crippen LogP) is 2.73. The lowest BCUT2D eigenvalue weighted by molar-refractivity contribution is 0.0936. The fourth-order valence-electron chi connectivity index (χ4n) is 2.20. The number of carbonyl (C=O) groups is 2. The van der Waals surface area contributed by atoms with Gasteiger partial charge in [-0.3, -0.25) is 9.59 Å². The van der Waals surface area contributed by atoms with E-state index in [0.717, 1.165) is 12.0 Å².